The molecule has 0 heterocycles. The Bertz CT molecular complexity index is 583. The maximum Gasteiger partial charge on any atom is 0.124 e. The van der Waals surface area contributed by atoms with Crippen molar-refractivity contribution in [1.29, 1.82) is 0 Å². The fraction of sp³-hybridized carbons (Fsp3) is 0.294. The van der Waals surface area contributed by atoms with Gasteiger partial charge in [0, 0.05) is 10.6 Å². The summed E-state index contributed by atoms with van der Waals surface area (Å²) in [5.74, 6) is 0.918. The highest BCUT2D eigenvalue weighted by Gasteiger charge is 2.16. The van der Waals surface area contributed by atoms with Crippen molar-refractivity contribution < 1.29 is 4.74 Å². The molecule has 2 rings (SSSR count). The average Bonchev–Trinajstić information content (AvgIpc) is 2.45. The number of ether oxygens (including phenoxy) is 1. The molecule has 0 bridgehead atoms. The van der Waals surface area contributed by atoms with Crippen LogP contribution in [0.15, 0.2) is 42.5 Å². The van der Waals surface area contributed by atoms with E-state index < -0.39 is 0 Å². The van der Waals surface area contributed by atoms with Gasteiger partial charge in [-0.2, -0.15) is 0 Å². The first-order valence-corrected chi connectivity index (χ1v) is 7.20. The highest BCUT2D eigenvalue weighted by atomic mass is 35.5. The molecule has 0 spiro atoms. The van der Waals surface area contributed by atoms with E-state index in [1.807, 2.05) is 45.2 Å². The zero-order chi connectivity index (χ0) is 14.5. The van der Waals surface area contributed by atoms with Gasteiger partial charge in [0.25, 0.3) is 0 Å². The van der Waals surface area contributed by atoms with Gasteiger partial charge in [-0.25, -0.2) is 0 Å². The Balaban J connectivity index is 2.44. The number of halogens is 1. The summed E-state index contributed by atoms with van der Waals surface area (Å²) in [6.07, 6.45) is 0. The minimum absolute atomic E-state index is 0.0914. The molecule has 0 aliphatic carbocycles. The van der Waals surface area contributed by atoms with Crippen LogP contribution in [0, 0.1) is 6.92 Å². The SMILES string of the molecule is CCOc1ccccc1C(NC)c1ccc(Cl)c(C)c1. The molecule has 2 aromatic carbocycles. The second-order valence-corrected chi connectivity index (χ2v) is 5.11. The number of para-hydroxylation sites is 1. The minimum atomic E-state index is 0.0914. The first-order valence-electron chi connectivity index (χ1n) is 6.82. The van der Waals surface area contributed by atoms with Gasteiger partial charge in [-0.05, 0) is 44.2 Å². The number of nitrogens with one attached hydrogen (secondary N) is 1. The molecule has 0 fully saturated rings. The van der Waals surface area contributed by atoms with E-state index in [9.17, 15) is 0 Å². The molecular formula is C17H20ClNO. The number of hydrogen-bond donors (Lipinski definition) is 1. The van der Waals surface area contributed by atoms with Crippen LogP contribution >= 0.6 is 11.6 Å². The monoisotopic (exact) mass is 289 g/mol. The van der Waals surface area contributed by atoms with Gasteiger partial charge in [-0.15, -0.1) is 0 Å². The highest BCUT2D eigenvalue weighted by molar-refractivity contribution is 6.31. The van der Waals surface area contributed by atoms with E-state index in [4.69, 9.17) is 16.3 Å². The lowest BCUT2D eigenvalue weighted by Crippen LogP contribution is -2.18. The van der Waals surface area contributed by atoms with Gasteiger partial charge in [0.2, 0.25) is 0 Å². The zero-order valence-electron chi connectivity index (χ0n) is 12.1. The van der Waals surface area contributed by atoms with Crippen LogP contribution < -0.4 is 10.1 Å². The third-order valence-corrected chi connectivity index (χ3v) is 3.76. The Hall–Kier alpha value is -1.51. The van der Waals surface area contributed by atoms with E-state index in [-0.39, 0.29) is 6.04 Å². The standard InChI is InChI=1S/C17H20ClNO/c1-4-20-16-8-6-5-7-14(16)17(19-3)13-9-10-15(18)12(2)11-13/h5-11,17,19H,4H2,1-3H3. The fourth-order valence-electron chi connectivity index (χ4n) is 2.36. The Morgan fingerprint density at radius 1 is 1.20 bits per heavy atom. The fourth-order valence-corrected chi connectivity index (χ4v) is 2.47. The van der Waals surface area contributed by atoms with Gasteiger partial charge in [0.1, 0.15) is 5.75 Å². The van der Waals surface area contributed by atoms with Crippen LogP contribution in [-0.4, -0.2) is 13.7 Å². The number of rotatable bonds is 5. The normalized spacial score (nSPS) is 12.2. The Morgan fingerprint density at radius 3 is 2.60 bits per heavy atom. The van der Waals surface area contributed by atoms with Crippen LogP contribution in [-0.2, 0) is 0 Å². The molecule has 3 heteroatoms. The van der Waals surface area contributed by atoms with Crippen LogP contribution in [0.5, 0.6) is 5.75 Å². The molecule has 0 aromatic heterocycles. The summed E-state index contributed by atoms with van der Waals surface area (Å²) >= 11 is 6.11. The maximum atomic E-state index is 6.11. The largest absolute Gasteiger partial charge is 0.494 e. The summed E-state index contributed by atoms with van der Waals surface area (Å²) in [4.78, 5) is 0. The summed E-state index contributed by atoms with van der Waals surface area (Å²) < 4.78 is 5.73. The topological polar surface area (TPSA) is 21.3 Å². The molecule has 0 aliphatic heterocycles. The van der Waals surface area contributed by atoms with Crippen molar-refractivity contribution in [3.8, 4) is 5.75 Å². The molecule has 106 valence electrons. The second-order valence-electron chi connectivity index (χ2n) is 4.70. The molecule has 0 amide bonds. The predicted octanol–water partition coefficient (Wildman–Crippen LogP) is 4.36. The van der Waals surface area contributed by atoms with Gasteiger partial charge in [0.15, 0.2) is 0 Å². The summed E-state index contributed by atoms with van der Waals surface area (Å²) in [5, 5.41) is 4.15. The summed E-state index contributed by atoms with van der Waals surface area (Å²) in [6.45, 7) is 4.68. The summed E-state index contributed by atoms with van der Waals surface area (Å²) in [5.41, 5.74) is 3.40. The zero-order valence-corrected chi connectivity index (χ0v) is 12.9. The third-order valence-electron chi connectivity index (χ3n) is 3.33. The van der Waals surface area contributed by atoms with E-state index in [2.05, 4.69) is 23.5 Å². The number of aryl methyl sites for hydroxylation is 1. The van der Waals surface area contributed by atoms with E-state index in [0.717, 1.165) is 21.9 Å². The predicted molar refractivity (Wildman–Crippen MR) is 84.7 cm³/mol. The van der Waals surface area contributed by atoms with Crippen LogP contribution in [0.3, 0.4) is 0 Å². The lowest BCUT2D eigenvalue weighted by atomic mass is 9.96. The van der Waals surface area contributed by atoms with Crippen LogP contribution in [0.1, 0.15) is 29.7 Å². The van der Waals surface area contributed by atoms with E-state index >= 15 is 0 Å². The van der Waals surface area contributed by atoms with Crippen molar-refractivity contribution >= 4 is 11.6 Å². The first kappa shape index (κ1) is 14.9. The molecule has 0 saturated heterocycles. The Labute approximate surface area is 125 Å². The lowest BCUT2D eigenvalue weighted by molar-refractivity contribution is 0.334. The molecule has 0 radical (unpaired) electrons. The summed E-state index contributed by atoms with van der Waals surface area (Å²) in [7, 11) is 1.96. The minimum Gasteiger partial charge on any atom is -0.494 e. The van der Waals surface area contributed by atoms with Crippen LogP contribution in [0.2, 0.25) is 5.02 Å². The highest BCUT2D eigenvalue weighted by Crippen LogP contribution is 2.31. The number of benzene rings is 2. The van der Waals surface area contributed by atoms with Crippen molar-refractivity contribution in [2.75, 3.05) is 13.7 Å². The van der Waals surface area contributed by atoms with Gasteiger partial charge < -0.3 is 10.1 Å². The molecule has 20 heavy (non-hydrogen) atoms. The average molecular weight is 290 g/mol. The van der Waals surface area contributed by atoms with Crippen molar-refractivity contribution in [2.45, 2.75) is 19.9 Å². The molecular weight excluding hydrogens is 270 g/mol. The maximum absolute atomic E-state index is 6.11. The molecule has 0 aliphatic rings. The first-order chi connectivity index (χ1) is 9.67. The van der Waals surface area contributed by atoms with Crippen LogP contribution in [0.25, 0.3) is 0 Å². The molecule has 2 aromatic rings. The third kappa shape index (κ3) is 3.14. The van der Waals surface area contributed by atoms with E-state index in [1.54, 1.807) is 0 Å². The quantitative estimate of drug-likeness (QED) is 0.883. The lowest BCUT2D eigenvalue weighted by Gasteiger charge is -2.21. The van der Waals surface area contributed by atoms with E-state index in [1.165, 1.54) is 5.56 Å². The van der Waals surface area contributed by atoms with Gasteiger partial charge in [-0.1, -0.05) is 41.9 Å². The smallest absolute Gasteiger partial charge is 0.124 e. The van der Waals surface area contributed by atoms with Gasteiger partial charge in [0.05, 0.1) is 12.6 Å². The molecule has 2 nitrogen and oxygen atoms in total. The Morgan fingerprint density at radius 2 is 1.95 bits per heavy atom. The van der Waals surface area contributed by atoms with Gasteiger partial charge >= 0.3 is 0 Å². The number of hydrogen-bond acceptors (Lipinski definition) is 2. The van der Waals surface area contributed by atoms with Crippen molar-refractivity contribution in [3.63, 3.8) is 0 Å². The molecule has 1 unspecified atom stereocenters. The molecule has 1 N–H and O–H groups in total. The van der Waals surface area contributed by atoms with E-state index in [0.29, 0.717) is 6.61 Å². The van der Waals surface area contributed by atoms with Crippen molar-refractivity contribution in [2.24, 2.45) is 0 Å². The molecule has 1 atom stereocenters. The van der Waals surface area contributed by atoms with Crippen LogP contribution in [0.4, 0.5) is 0 Å². The summed E-state index contributed by atoms with van der Waals surface area (Å²) in [6, 6.07) is 14.3. The van der Waals surface area contributed by atoms with Crippen molar-refractivity contribution in [1.82, 2.24) is 5.32 Å². The molecule has 0 saturated carbocycles. The second kappa shape index (κ2) is 6.78. The Kier molecular flexibility index (Phi) is 5.05. The van der Waals surface area contributed by atoms with Gasteiger partial charge in [-0.3, -0.25) is 0 Å². The van der Waals surface area contributed by atoms with Crippen molar-refractivity contribution in [3.05, 3.63) is 64.2 Å².